The Balaban J connectivity index is 1.72. The number of carbonyl (C=O) groups is 2. The Bertz CT molecular complexity index is 967. The van der Waals surface area contributed by atoms with Gasteiger partial charge in [0.15, 0.2) is 0 Å². The second-order valence-electron chi connectivity index (χ2n) is 9.45. The molecule has 1 aliphatic heterocycles. The number of nitrogens with one attached hydrogen (secondary N) is 1. The molecule has 0 radical (unpaired) electrons. The summed E-state index contributed by atoms with van der Waals surface area (Å²) in [5.41, 5.74) is 3.22. The van der Waals surface area contributed by atoms with E-state index in [-0.39, 0.29) is 24.2 Å². The largest absolute Gasteiger partial charge is 0.497 e. The fourth-order valence-corrected chi connectivity index (χ4v) is 4.43. The molecular weight excluding hydrogens is 431 g/mol. The van der Waals surface area contributed by atoms with Gasteiger partial charge in [-0.25, -0.2) is 0 Å². The predicted octanol–water partition coefficient (Wildman–Crippen LogP) is 2.37. The van der Waals surface area contributed by atoms with E-state index in [2.05, 4.69) is 5.32 Å². The molecule has 0 saturated carbocycles. The highest BCUT2D eigenvalue weighted by atomic mass is 16.5. The molecule has 0 aromatic heterocycles. The van der Waals surface area contributed by atoms with Gasteiger partial charge in [0.2, 0.25) is 11.8 Å². The van der Waals surface area contributed by atoms with Gasteiger partial charge in [0, 0.05) is 19.5 Å². The summed E-state index contributed by atoms with van der Waals surface area (Å²) < 4.78 is 5.30. The lowest BCUT2D eigenvalue weighted by atomic mass is 9.74. The lowest BCUT2D eigenvalue weighted by Gasteiger charge is -2.31. The number of hydrogen-bond donors (Lipinski definition) is 3. The van der Waals surface area contributed by atoms with Crippen molar-refractivity contribution >= 4 is 18.9 Å². The van der Waals surface area contributed by atoms with Gasteiger partial charge in [0.1, 0.15) is 5.75 Å². The summed E-state index contributed by atoms with van der Waals surface area (Å²) in [7, 11) is -0.0187. The first-order valence-corrected chi connectivity index (χ1v) is 11.9. The SMILES string of the molecule is COc1ccc2c(c1)CCN(C(=O)C[C@@H](Cc1ccccc1)C(=O)N[C@@H](CC(C)C)B(O)O)C2. The summed E-state index contributed by atoms with van der Waals surface area (Å²) in [5, 5.41) is 22.3. The molecule has 0 saturated heterocycles. The molecule has 0 aliphatic carbocycles. The maximum atomic E-state index is 13.3. The van der Waals surface area contributed by atoms with Gasteiger partial charge in [-0.1, -0.05) is 50.2 Å². The molecule has 2 amide bonds. The first-order valence-electron chi connectivity index (χ1n) is 11.9. The van der Waals surface area contributed by atoms with E-state index in [1.807, 2.05) is 62.4 Å². The molecule has 3 rings (SSSR count). The molecule has 34 heavy (non-hydrogen) atoms. The second kappa shape index (κ2) is 12.0. The van der Waals surface area contributed by atoms with Crippen LogP contribution in [0.25, 0.3) is 0 Å². The van der Waals surface area contributed by atoms with Crippen LogP contribution in [0.15, 0.2) is 48.5 Å². The Morgan fingerprint density at radius 1 is 1.12 bits per heavy atom. The van der Waals surface area contributed by atoms with Gasteiger partial charge < -0.3 is 25.0 Å². The monoisotopic (exact) mass is 466 g/mol. The minimum atomic E-state index is -1.66. The van der Waals surface area contributed by atoms with E-state index >= 15 is 0 Å². The molecule has 0 bridgehead atoms. The topological polar surface area (TPSA) is 99.1 Å². The van der Waals surface area contributed by atoms with Crippen molar-refractivity contribution in [2.45, 2.75) is 52.0 Å². The van der Waals surface area contributed by atoms with Crippen LogP contribution in [0.3, 0.4) is 0 Å². The predicted molar refractivity (Wildman–Crippen MR) is 132 cm³/mol. The average molecular weight is 466 g/mol. The number of methoxy groups -OCH3 is 1. The zero-order chi connectivity index (χ0) is 24.7. The van der Waals surface area contributed by atoms with E-state index in [9.17, 15) is 19.6 Å². The minimum Gasteiger partial charge on any atom is -0.497 e. The molecule has 3 N–H and O–H groups in total. The lowest BCUT2D eigenvalue weighted by molar-refractivity contribution is -0.137. The quantitative estimate of drug-likeness (QED) is 0.467. The number of hydrogen-bond acceptors (Lipinski definition) is 5. The van der Waals surface area contributed by atoms with Crippen LogP contribution in [0.2, 0.25) is 0 Å². The fraction of sp³-hybridized carbons (Fsp3) is 0.462. The van der Waals surface area contributed by atoms with Gasteiger partial charge in [0.25, 0.3) is 0 Å². The van der Waals surface area contributed by atoms with Crippen LogP contribution in [0.5, 0.6) is 5.75 Å². The minimum absolute atomic E-state index is 0.0577. The maximum absolute atomic E-state index is 13.3. The van der Waals surface area contributed by atoms with Crippen molar-refractivity contribution in [1.82, 2.24) is 10.2 Å². The normalized spacial score (nSPS) is 14.8. The van der Waals surface area contributed by atoms with Crippen LogP contribution >= 0.6 is 0 Å². The molecule has 2 aromatic rings. The smallest absolute Gasteiger partial charge is 0.475 e. The zero-order valence-corrected chi connectivity index (χ0v) is 20.2. The van der Waals surface area contributed by atoms with Gasteiger partial charge in [-0.15, -0.1) is 0 Å². The Morgan fingerprint density at radius 2 is 1.85 bits per heavy atom. The highest BCUT2D eigenvalue weighted by Crippen LogP contribution is 2.25. The molecule has 7 nitrogen and oxygen atoms in total. The van der Waals surface area contributed by atoms with Crippen molar-refractivity contribution in [3.8, 4) is 5.75 Å². The van der Waals surface area contributed by atoms with Crippen molar-refractivity contribution in [2.24, 2.45) is 11.8 Å². The molecule has 8 heteroatoms. The average Bonchev–Trinajstić information content (AvgIpc) is 2.82. The maximum Gasteiger partial charge on any atom is 0.475 e. The van der Waals surface area contributed by atoms with Crippen molar-refractivity contribution in [3.05, 3.63) is 65.2 Å². The van der Waals surface area contributed by atoms with Crippen molar-refractivity contribution in [1.29, 1.82) is 0 Å². The van der Waals surface area contributed by atoms with E-state index in [1.165, 1.54) is 5.56 Å². The summed E-state index contributed by atoms with van der Waals surface area (Å²) in [6, 6.07) is 15.5. The number of benzene rings is 2. The van der Waals surface area contributed by atoms with Gasteiger partial charge in [-0.05, 0) is 54.0 Å². The lowest BCUT2D eigenvalue weighted by Crippen LogP contribution is -2.50. The molecule has 1 heterocycles. The molecule has 0 unspecified atom stereocenters. The standard InChI is InChI=1S/C26H35BN2O5/c1-18(2)13-24(27(32)33)28-26(31)22(14-19-7-5-4-6-8-19)16-25(30)29-12-11-20-15-23(34-3)10-9-21(20)17-29/h4-10,15,18,22,24,32-33H,11-14,16-17H2,1-3H3,(H,28,31)/t22-,24+/m1/s1. The Hall–Kier alpha value is -2.84. The van der Waals surface area contributed by atoms with E-state index in [4.69, 9.17) is 4.74 Å². The van der Waals surface area contributed by atoms with E-state index in [1.54, 1.807) is 12.0 Å². The number of carbonyl (C=O) groups excluding carboxylic acids is 2. The summed E-state index contributed by atoms with van der Waals surface area (Å²) in [6.45, 7) is 5.00. The second-order valence-corrected chi connectivity index (χ2v) is 9.45. The van der Waals surface area contributed by atoms with Crippen molar-refractivity contribution < 1.29 is 24.4 Å². The third kappa shape index (κ3) is 7.08. The molecule has 182 valence electrons. The number of ether oxygens (including phenoxy) is 1. The van der Waals surface area contributed by atoms with Gasteiger partial charge >= 0.3 is 7.12 Å². The molecule has 0 fully saturated rings. The zero-order valence-electron chi connectivity index (χ0n) is 20.2. The summed E-state index contributed by atoms with van der Waals surface area (Å²) in [4.78, 5) is 28.3. The third-order valence-electron chi connectivity index (χ3n) is 6.31. The van der Waals surface area contributed by atoms with Gasteiger partial charge in [0.05, 0.1) is 19.0 Å². The molecule has 2 atom stereocenters. The Kier molecular flexibility index (Phi) is 9.13. The summed E-state index contributed by atoms with van der Waals surface area (Å²) >= 11 is 0. The molecule has 0 spiro atoms. The number of amides is 2. The Labute approximate surface area is 202 Å². The molecular formula is C26H35BN2O5. The van der Waals surface area contributed by atoms with E-state index in [0.29, 0.717) is 25.9 Å². The van der Waals surface area contributed by atoms with E-state index < -0.39 is 19.0 Å². The van der Waals surface area contributed by atoms with Crippen molar-refractivity contribution in [3.63, 3.8) is 0 Å². The van der Waals surface area contributed by atoms with Crippen LogP contribution in [-0.2, 0) is 29.0 Å². The van der Waals surface area contributed by atoms with E-state index in [0.717, 1.165) is 23.3 Å². The summed E-state index contributed by atoms with van der Waals surface area (Å²) in [6.07, 6.45) is 1.63. The van der Waals surface area contributed by atoms with Crippen LogP contribution in [0, 0.1) is 11.8 Å². The Morgan fingerprint density at radius 3 is 2.50 bits per heavy atom. The fourth-order valence-electron chi connectivity index (χ4n) is 4.43. The number of nitrogens with zero attached hydrogens (tertiary/aromatic N) is 1. The van der Waals surface area contributed by atoms with Gasteiger partial charge in [-0.2, -0.15) is 0 Å². The van der Waals surface area contributed by atoms with Crippen molar-refractivity contribution in [2.75, 3.05) is 13.7 Å². The first-order chi connectivity index (χ1) is 16.3. The molecule has 2 aromatic carbocycles. The summed E-state index contributed by atoms with van der Waals surface area (Å²) in [5.74, 6) is -0.826. The van der Waals surface area contributed by atoms with Crippen LogP contribution < -0.4 is 10.1 Å². The van der Waals surface area contributed by atoms with Crippen LogP contribution in [-0.4, -0.2) is 53.5 Å². The highest BCUT2D eigenvalue weighted by Gasteiger charge is 2.32. The van der Waals surface area contributed by atoms with Crippen LogP contribution in [0.1, 0.15) is 43.4 Å². The first kappa shape index (κ1) is 25.8. The highest BCUT2D eigenvalue weighted by molar-refractivity contribution is 6.43. The third-order valence-corrected chi connectivity index (χ3v) is 6.31. The van der Waals surface area contributed by atoms with Gasteiger partial charge in [-0.3, -0.25) is 9.59 Å². The number of rotatable bonds is 10. The molecule has 1 aliphatic rings. The van der Waals surface area contributed by atoms with Crippen LogP contribution in [0.4, 0.5) is 0 Å². The number of fused-ring (bicyclic) bond motifs is 1.